The van der Waals surface area contributed by atoms with Crippen molar-refractivity contribution in [3.05, 3.63) is 24.3 Å². The second kappa shape index (κ2) is 3.60. The molecule has 0 heteroatoms. The quantitative estimate of drug-likeness (QED) is 0.449. The lowest BCUT2D eigenvalue weighted by Gasteiger charge is -2.08. The van der Waals surface area contributed by atoms with Crippen LogP contribution in [0, 0.1) is 11.8 Å². The third kappa shape index (κ3) is 2.38. The smallest absolute Gasteiger partial charge is 0.0227 e. The van der Waals surface area contributed by atoms with Crippen LogP contribution in [-0.2, 0) is 0 Å². The van der Waals surface area contributed by atoms with Gasteiger partial charge >= 0.3 is 0 Å². The van der Waals surface area contributed by atoms with Gasteiger partial charge in [0.25, 0.3) is 0 Å². The number of hydrogen-bond donors (Lipinski definition) is 0. The zero-order valence-corrected chi connectivity index (χ0v) is 6.88. The van der Waals surface area contributed by atoms with Crippen LogP contribution in [-0.4, -0.2) is 0 Å². The first-order valence-corrected chi connectivity index (χ1v) is 4.12. The molecular formula is C10H16. The summed E-state index contributed by atoms with van der Waals surface area (Å²) >= 11 is 0. The van der Waals surface area contributed by atoms with Gasteiger partial charge in [-0.3, -0.25) is 0 Å². The van der Waals surface area contributed by atoms with Gasteiger partial charge in [0, 0.05) is 0 Å². The predicted octanol–water partition coefficient (Wildman–Crippen LogP) is 3.16. The highest BCUT2D eigenvalue weighted by Crippen LogP contribution is 2.14. The summed E-state index contributed by atoms with van der Waals surface area (Å²) in [7, 11) is 0. The Morgan fingerprint density at radius 1 is 0.900 bits per heavy atom. The van der Waals surface area contributed by atoms with Gasteiger partial charge in [-0.25, -0.2) is 0 Å². The maximum Gasteiger partial charge on any atom is -0.0227 e. The Labute approximate surface area is 63.6 Å². The summed E-state index contributed by atoms with van der Waals surface area (Å²) in [6.45, 7) is 4.53. The van der Waals surface area contributed by atoms with Gasteiger partial charge in [-0.05, 0) is 24.7 Å². The van der Waals surface area contributed by atoms with E-state index in [0.717, 1.165) is 11.8 Å². The lowest BCUT2D eigenvalue weighted by Crippen LogP contribution is -1.94. The molecule has 56 valence electrons. The predicted molar refractivity (Wildman–Crippen MR) is 45.8 cm³/mol. The summed E-state index contributed by atoms with van der Waals surface area (Å²) in [6, 6.07) is 0. The molecule has 2 atom stereocenters. The summed E-state index contributed by atoms with van der Waals surface area (Å²) in [5, 5.41) is 0. The van der Waals surface area contributed by atoms with E-state index in [-0.39, 0.29) is 0 Å². The van der Waals surface area contributed by atoms with Crippen LogP contribution in [0.1, 0.15) is 26.7 Å². The van der Waals surface area contributed by atoms with Gasteiger partial charge in [0.1, 0.15) is 0 Å². The highest BCUT2D eigenvalue weighted by atomic mass is 14.0. The first kappa shape index (κ1) is 7.59. The Morgan fingerprint density at radius 2 is 1.30 bits per heavy atom. The number of allylic oxidation sites excluding steroid dienone is 4. The average Bonchev–Trinajstić information content (AvgIpc) is 1.90. The van der Waals surface area contributed by atoms with Crippen molar-refractivity contribution in [1.29, 1.82) is 0 Å². The maximum atomic E-state index is 2.33. The summed E-state index contributed by atoms with van der Waals surface area (Å²) in [4.78, 5) is 0. The molecular weight excluding hydrogens is 120 g/mol. The molecule has 0 saturated carbocycles. The molecule has 0 aromatic heterocycles. The van der Waals surface area contributed by atoms with Crippen LogP contribution >= 0.6 is 0 Å². The Hall–Kier alpha value is -0.520. The largest absolute Gasteiger partial charge is 0.0879 e. The van der Waals surface area contributed by atoms with E-state index in [2.05, 4.69) is 38.2 Å². The van der Waals surface area contributed by atoms with E-state index in [1.165, 1.54) is 12.8 Å². The van der Waals surface area contributed by atoms with Crippen molar-refractivity contribution in [1.82, 2.24) is 0 Å². The van der Waals surface area contributed by atoms with Crippen LogP contribution in [0.15, 0.2) is 24.3 Å². The van der Waals surface area contributed by atoms with E-state index in [9.17, 15) is 0 Å². The second-order valence-electron chi connectivity index (χ2n) is 3.28. The number of hydrogen-bond acceptors (Lipinski definition) is 0. The van der Waals surface area contributed by atoms with Crippen LogP contribution in [0.2, 0.25) is 0 Å². The van der Waals surface area contributed by atoms with E-state index in [4.69, 9.17) is 0 Å². The molecule has 2 unspecified atom stereocenters. The molecule has 0 nitrogen and oxygen atoms in total. The van der Waals surface area contributed by atoms with Gasteiger partial charge in [0.15, 0.2) is 0 Å². The molecule has 10 heavy (non-hydrogen) atoms. The molecule has 0 radical (unpaired) electrons. The first-order valence-electron chi connectivity index (χ1n) is 4.12. The SMILES string of the molecule is CC1/C=C\C(C)C/C=C\C1. The van der Waals surface area contributed by atoms with Crippen molar-refractivity contribution in [3.63, 3.8) is 0 Å². The molecule has 0 aromatic carbocycles. The van der Waals surface area contributed by atoms with Crippen molar-refractivity contribution in [2.75, 3.05) is 0 Å². The fraction of sp³-hybridized carbons (Fsp3) is 0.600. The topological polar surface area (TPSA) is 0 Å². The molecule has 0 bridgehead atoms. The molecule has 1 aliphatic rings. The second-order valence-corrected chi connectivity index (χ2v) is 3.28. The van der Waals surface area contributed by atoms with Crippen molar-refractivity contribution in [3.8, 4) is 0 Å². The molecule has 0 N–H and O–H groups in total. The highest BCUT2D eigenvalue weighted by molar-refractivity contribution is 4.99. The van der Waals surface area contributed by atoms with Gasteiger partial charge in [-0.15, -0.1) is 0 Å². The van der Waals surface area contributed by atoms with E-state index in [0.29, 0.717) is 0 Å². The molecule has 0 aromatic rings. The fourth-order valence-corrected chi connectivity index (χ4v) is 1.16. The fourth-order valence-electron chi connectivity index (χ4n) is 1.16. The van der Waals surface area contributed by atoms with Crippen LogP contribution in [0.25, 0.3) is 0 Å². The lowest BCUT2D eigenvalue weighted by atomic mass is 9.98. The average molecular weight is 136 g/mol. The summed E-state index contributed by atoms with van der Waals surface area (Å²) < 4.78 is 0. The normalized spacial score (nSPS) is 39.8. The highest BCUT2D eigenvalue weighted by Gasteiger charge is 1.99. The van der Waals surface area contributed by atoms with Gasteiger partial charge in [-0.2, -0.15) is 0 Å². The lowest BCUT2D eigenvalue weighted by molar-refractivity contribution is 0.679. The summed E-state index contributed by atoms with van der Waals surface area (Å²) in [5.41, 5.74) is 0. The summed E-state index contributed by atoms with van der Waals surface area (Å²) in [5.74, 6) is 1.47. The van der Waals surface area contributed by atoms with Gasteiger partial charge in [0.05, 0.1) is 0 Å². The molecule has 0 amide bonds. The summed E-state index contributed by atoms with van der Waals surface area (Å²) in [6.07, 6.45) is 11.7. The minimum atomic E-state index is 0.735. The molecule has 0 heterocycles. The van der Waals surface area contributed by atoms with Gasteiger partial charge in [0.2, 0.25) is 0 Å². The van der Waals surface area contributed by atoms with Crippen LogP contribution < -0.4 is 0 Å². The van der Waals surface area contributed by atoms with Crippen molar-refractivity contribution in [2.45, 2.75) is 26.7 Å². The zero-order chi connectivity index (χ0) is 7.40. The van der Waals surface area contributed by atoms with E-state index < -0.39 is 0 Å². The van der Waals surface area contributed by atoms with Crippen molar-refractivity contribution < 1.29 is 0 Å². The molecule has 0 aliphatic heterocycles. The van der Waals surface area contributed by atoms with Crippen LogP contribution in [0.5, 0.6) is 0 Å². The Balaban J connectivity index is 2.51. The third-order valence-corrected chi connectivity index (χ3v) is 1.95. The van der Waals surface area contributed by atoms with Crippen molar-refractivity contribution in [2.24, 2.45) is 11.8 Å². The maximum absolute atomic E-state index is 2.33. The third-order valence-electron chi connectivity index (χ3n) is 1.95. The monoisotopic (exact) mass is 136 g/mol. The first-order chi connectivity index (χ1) is 4.79. The molecule has 0 spiro atoms. The number of rotatable bonds is 0. The van der Waals surface area contributed by atoms with E-state index >= 15 is 0 Å². The molecule has 0 saturated heterocycles. The van der Waals surface area contributed by atoms with Crippen LogP contribution in [0.3, 0.4) is 0 Å². The molecule has 0 fully saturated rings. The van der Waals surface area contributed by atoms with E-state index in [1.54, 1.807) is 0 Å². The zero-order valence-electron chi connectivity index (χ0n) is 6.88. The molecule has 1 rings (SSSR count). The Morgan fingerprint density at radius 3 is 1.70 bits per heavy atom. The van der Waals surface area contributed by atoms with E-state index in [1.807, 2.05) is 0 Å². The minimum absolute atomic E-state index is 0.735. The Kier molecular flexibility index (Phi) is 2.73. The van der Waals surface area contributed by atoms with Gasteiger partial charge in [-0.1, -0.05) is 38.2 Å². The molecule has 1 aliphatic carbocycles. The van der Waals surface area contributed by atoms with Crippen LogP contribution in [0.4, 0.5) is 0 Å². The Bertz CT molecular complexity index is 126. The van der Waals surface area contributed by atoms with Crippen molar-refractivity contribution >= 4 is 0 Å². The van der Waals surface area contributed by atoms with Gasteiger partial charge < -0.3 is 0 Å². The minimum Gasteiger partial charge on any atom is -0.0879 e. The standard InChI is InChI=1S/C10H16/c1-9-5-3-4-6-10(2)8-7-9/h3-4,7-10H,5-6H2,1-2H3/b4-3-,8-7-.